The van der Waals surface area contributed by atoms with Gasteiger partial charge in [0.05, 0.1) is 14.2 Å². The normalized spacial score (nSPS) is 10.4. The van der Waals surface area contributed by atoms with Crippen LogP contribution in [0.25, 0.3) is 22.3 Å². The number of hydrogen-bond acceptors (Lipinski definition) is 3. The van der Waals surface area contributed by atoms with Gasteiger partial charge < -0.3 is 9.47 Å². The summed E-state index contributed by atoms with van der Waals surface area (Å²) in [6.07, 6.45) is 0. The second-order valence-electron chi connectivity index (χ2n) is 4.60. The molecular weight excluding hydrogens is 280 g/mol. The van der Waals surface area contributed by atoms with Gasteiger partial charge in [0.15, 0.2) is 0 Å². The molecule has 3 aromatic rings. The van der Waals surface area contributed by atoms with Crippen molar-refractivity contribution < 1.29 is 9.47 Å². The molecule has 106 valence electrons. The molecule has 0 atom stereocenters. The van der Waals surface area contributed by atoms with Crippen LogP contribution in [-0.2, 0) is 0 Å². The number of benzene rings is 2. The molecule has 0 bridgehead atoms. The van der Waals surface area contributed by atoms with Gasteiger partial charge in [-0.1, -0.05) is 36.4 Å². The second kappa shape index (κ2) is 6.02. The average Bonchev–Trinajstić information content (AvgIpc) is 3.04. The highest BCUT2D eigenvalue weighted by Crippen LogP contribution is 2.42. The van der Waals surface area contributed by atoms with Crippen LogP contribution < -0.4 is 9.47 Å². The first-order valence-corrected chi connectivity index (χ1v) is 7.62. The largest absolute Gasteiger partial charge is 0.496 e. The molecule has 21 heavy (non-hydrogen) atoms. The molecule has 2 nitrogen and oxygen atoms in total. The molecule has 0 N–H and O–H groups in total. The molecule has 0 aliphatic heterocycles. The summed E-state index contributed by atoms with van der Waals surface area (Å²) in [5.41, 5.74) is 4.54. The minimum Gasteiger partial charge on any atom is -0.496 e. The number of hydrogen-bond donors (Lipinski definition) is 0. The van der Waals surface area contributed by atoms with Gasteiger partial charge in [-0.15, -0.1) is 0 Å². The van der Waals surface area contributed by atoms with Crippen molar-refractivity contribution in [2.24, 2.45) is 0 Å². The van der Waals surface area contributed by atoms with Gasteiger partial charge in [0, 0.05) is 22.3 Å². The summed E-state index contributed by atoms with van der Waals surface area (Å²) < 4.78 is 11.0. The van der Waals surface area contributed by atoms with Crippen molar-refractivity contribution in [3.63, 3.8) is 0 Å². The Kier molecular flexibility index (Phi) is 3.93. The zero-order chi connectivity index (χ0) is 14.7. The molecule has 0 spiro atoms. The van der Waals surface area contributed by atoms with Crippen LogP contribution in [0.5, 0.6) is 11.5 Å². The third kappa shape index (κ3) is 2.52. The summed E-state index contributed by atoms with van der Waals surface area (Å²) in [6.45, 7) is 0. The smallest absolute Gasteiger partial charge is 0.126 e. The van der Waals surface area contributed by atoms with E-state index in [1.165, 1.54) is 11.1 Å². The number of thiophene rings is 1. The Morgan fingerprint density at radius 1 is 0.619 bits per heavy atom. The van der Waals surface area contributed by atoms with Crippen molar-refractivity contribution in [1.29, 1.82) is 0 Å². The molecule has 0 fully saturated rings. The molecular formula is C18H16O2S. The fraction of sp³-hybridized carbons (Fsp3) is 0.111. The standard InChI is InChI=1S/C18H16O2S/c1-19-17-9-5-3-7-13(17)15-11-21-12-16(15)14-8-4-6-10-18(14)20-2/h3-12H,1-2H3. The Labute approximate surface area is 128 Å². The Balaban J connectivity index is 2.18. The van der Waals surface area contributed by atoms with Crippen molar-refractivity contribution in [3.8, 4) is 33.8 Å². The predicted molar refractivity (Wildman–Crippen MR) is 88.3 cm³/mol. The highest BCUT2D eigenvalue weighted by atomic mass is 32.1. The molecule has 1 aromatic heterocycles. The zero-order valence-electron chi connectivity index (χ0n) is 12.0. The predicted octanol–water partition coefficient (Wildman–Crippen LogP) is 5.10. The van der Waals surface area contributed by atoms with Crippen LogP contribution in [0.15, 0.2) is 59.3 Å². The van der Waals surface area contributed by atoms with Crippen LogP contribution in [0.3, 0.4) is 0 Å². The average molecular weight is 296 g/mol. The third-order valence-corrected chi connectivity index (χ3v) is 4.20. The fourth-order valence-electron chi connectivity index (χ4n) is 2.45. The summed E-state index contributed by atoms with van der Waals surface area (Å²) in [5.74, 6) is 1.76. The Morgan fingerprint density at radius 2 is 1.05 bits per heavy atom. The molecule has 3 rings (SSSR count). The molecule has 1 heterocycles. The molecule has 0 aliphatic carbocycles. The lowest BCUT2D eigenvalue weighted by atomic mass is 9.98. The Morgan fingerprint density at radius 3 is 1.48 bits per heavy atom. The van der Waals surface area contributed by atoms with E-state index in [9.17, 15) is 0 Å². The molecule has 0 saturated heterocycles. The van der Waals surface area contributed by atoms with Gasteiger partial charge in [-0.2, -0.15) is 11.3 Å². The summed E-state index contributed by atoms with van der Waals surface area (Å²) in [5, 5.41) is 4.30. The quantitative estimate of drug-likeness (QED) is 0.667. The van der Waals surface area contributed by atoms with Crippen molar-refractivity contribution in [3.05, 3.63) is 59.3 Å². The third-order valence-electron chi connectivity index (χ3n) is 3.46. The highest BCUT2D eigenvalue weighted by molar-refractivity contribution is 7.08. The summed E-state index contributed by atoms with van der Waals surface area (Å²) in [4.78, 5) is 0. The minimum absolute atomic E-state index is 0.882. The summed E-state index contributed by atoms with van der Waals surface area (Å²) in [7, 11) is 3.40. The van der Waals surface area contributed by atoms with Gasteiger partial charge in [0.2, 0.25) is 0 Å². The maximum absolute atomic E-state index is 5.49. The molecule has 0 radical (unpaired) electrons. The second-order valence-corrected chi connectivity index (χ2v) is 5.34. The summed E-state index contributed by atoms with van der Waals surface area (Å²) in [6, 6.07) is 16.2. The Bertz CT molecular complexity index is 684. The lowest BCUT2D eigenvalue weighted by Crippen LogP contribution is -1.90. The number of methoxy groups -OCH3 is 2. The molecule has 0 saturated carbocycles. The van der Waals surface area contributed by atoms with E-state index in [1.807, 2.05) is 36.4 Å². The number of para-hydroxylation sites is 2. The van der Waals surface area contributed by atoms with Gasteiger partial charge >= 0.3 is 0 Å². The first-order chi connectivity index (χ1) is 10.3. The number of ether oxygens (including phenoxy) is 2. The maximum Gasteiger partial charge on any atom is 0.126 e. The zero-order valence-corrected chi connectivity index (χ0v) is 12.8. The molecule has 0 unspecified atom stereocenters. The van der Waals surface area contributed by atoms with Crippen molar-refractivity contribution >= 4 is 11.3 Å². The molecule has 2 aromatic carbocycles. The van der Waals surface area contributed by atoms with Crippen LogP contribution in [0.1, 0.15) is 0 Å². The lowest BCUT2D eigenvalue weighted by Gasteiger charge is -2.12. The van der Waals surface area contributed by atoms with Gasteiger partial charge in [0.1, 0.15) is 11.5 Å². The monoisotopic (exact) mass is 296 g/mol. The molecule has 0 aliphatic rings. The van der Waals surface area contributed by atoms with Crippen LogP contribution in [0.2, 0.25) is 0 Å². The maximum atomic E-state index is 5.49. The van der Waals surface area contributed by atoms with Gasteiger partial charge in [-0.3, -0.25) is 0 Å². The minimum atomic E-state index is 0.882. The first-order valence-electron chi connectivity index (χ1n) is 6.68. The first kappa shape index (κ1) is 13.7. The van der Waals surface area contributed by atoms with Gasteiger partial charge in [0.25, 0.3) is 0 Å². The van der Waals surface area contributed by atoms with E-state index >= 15 is 0 Å². The van der Waals surface area contributed by atoms with Gasteiger partial charge in [-0.05, 0) is 22.9 Å². The summed E-state index contributed by atoms with van der Waals surface area (Å²) >= 11 is 1.68. The van der Waals surface area contributed by atoms with Crippen LogP contribution >= 0.6 is 11.3 Å². The van der Waals surface area contributed by atoms with E-state index in [2.05, 4.69) is 22.9 Å². The van der Waals surface area contributed by atoms with Crippen molar-refractivity contribution in [2.45, 2.75) is 0 Å². The van der Waals surface area contributed by atoms with E-state index in [0.717, 1.165) is 22.6 Å². The van der Waals surface area contributed by atoms with Gasteiger partial charge in [-0.25, -0.2) is 0 Å². The highest BCUT2D eigenvalue weighted by Gasteiger charge is 2.15. The van der Waals surface area contributed by atoms with E-state index in [1.54, 1.807) is 25.6 Å². The number of rotatable bonds is 4. The van der Waals surface area contributed by atoms with E-state index < -0.39 is 0 Å². The van der Waals surface area contributed by atoms with E-state index in [4.69, 9.17) is 9.47 Å². The Hall–Kier alpha value is -2.26. The topological polar surface area (TPSA) is 18.5 Å². The van der Waals surface area contributed by atoms with Crippen molar-refractivity contribution in [2.75, 3.05) is 14.2 Å². The van der Waals surface area contributed by atoms with Crippen LogP contribution in [0, 0.1) is 0 Å². The van der Waals surface area contributed by atoms with Crippen LogP contribution in [-0.4, -0.2) is 14.2 Å². The molecule has 3 heteroatoms. The fourth-order valence-corrected chi connectivity index (χ4v) is 3.30. The van der Waals surface area contributed by atoms with Crippen molar-refractivity contribution in [1.82, 2.24) is 0 Å². The lowest BCUT2D eigenvalue weighted by molar-refractivity contribution is 0.416. The van der Waals surface area contributed by atoms with E-state index in [0.29, 0.717) is 0 Å². The molecule has 0 amide bonds. The SMILES string of the molecule is COc1ccccc1-c1cscc1-c1ccccc1OC. The van der Waals surface area contributed by atoms with E-state index in [-0.39, 0.29) is 0 Å². The van der Waals surface area contributed by atoms with Crippen LogP contribution in [0.4, 0.5) is 0 Å².